The topological polar surface area (TPSA) is 62.3 Å². The standard InChI is InChI=1S/C14H29N3O2Si/c1-11-13(15)9-17(16-11)8-12(10-18-5)19-20(6,7)14(2,3)4/h9,12H,8,10,15H2,1-7H3/t12-/m1/s1. The summed E-state index contributed by atoms with van der Waals surface area (Å²) in [6.07, 6.45) is 1.85. The molecule has 5 nitrogen and oxygen atoms in total. The summed E-state index contributed by atoms with van der Waals surface area (Å²) >= 11 is 0. The van der Waals surface area contributed by atoms with E-state index in [0.29, 0.717) is 18.8 Å². The first-order chi connectivity index (χ1) is 9.06. The van der Waals surface area contributed by atoms with Gasteiger partial charge in [0.25, 0.3) is 0 Å². The maximum Gasteiger partial charge on any atom is 0.192 e. The minimum absolute atomic E-state index is 0.000378. The Morgan fingerprint density at radius 2 is 2.00 bits per heavy atom. The van der Waals surface area contributed by atoms with Crippen LogP contribution in [0.4, 0.5) is 5.69 Å². The van der Waals surface area contributed by atoms with Crippen LogP contribution in [0.25, 0.3) is 0 Å². The normalized spacial score (nSPS) is 14.6. The highest BCUT2D eigenvalue weighted by molar-refractivity contribution is 6.74. The number of aromatic nitrogens is 2. The molecular weight excluding hydrogens is 270 g/mol. The van der Waals surface area contributed by atoms with Gasteiger partial charge in [0.05, 0.1) is 30.6 Å². The zero-order chi connectivity index (χ0) is 15.6. The average molecular weight is 299 g/mol. The summed E-state index contributed by atoms with van der Waals surface area (Å²) in [6.45, 7) is 14.3. The van der Waals surface area contributed by atoms with Gasteiger partial charge >= 0.3 is 0 Å². The molecule has 0 aliphatic rings. The Morgan fingerprint density at radius 1 is 1.40 bits per heavy atom. The fraction of sp³-hybridized carbons (Fsp3) is 0.786. The van der Waals surface area contributed by atoms with E-state index in [0.717, 1.165) is 5.69 Å². The van der Waals surface area contributed by atoms with Crippen LogP contribution in [0.15, 0.2) is 6.20 Å². The molecular formula is C14H29N3O2Si. The van der Waals surface area contributed by atoms with Gasteiger partial charge in [-0.15, -0.1) is 0 Å². The first kappa shape index (κ1) is 17.2. The summed E-state index contributed by atoms with van der Waals surface area (Å²) < 4.78 is 13.6. The van der Waals surface area contributed by atoms with E-state index in [4.69, 9.17) is 14.9 Å². The number of hydrogen-bond acceptors (Lipinski definition) is 4. The van der Waals surface area contributed by atoms with Crippen LogP contribution in [0, 0.1) is 6.92 Å². The van der Waals surface area contributed by atoms with Gasteiger partial charge in [-0.2, -0.15) is 5.10 Å². The maximum absolute atomic E-state index is 6.41. The first-order valence-corrected chi connectivity index (χ1v) is 9.94. The van der Waals surface area contributed by atoms with Crippen molar-refractivity contribution in [3.05, 3.63) is 11.9 Å². The third-order valence-electron chi connectivity index (χ3n) is 4.00. The number of methoxy groups -OCH3 is 1. The molecule has 0 unspecified atom stereocenters. The van der Waals surface area contributed by atoms with E-state index in [1.807, 2.05) is 17.8 Å². The molecule has 0 amide bonds. The van der Waals surface area contributed by atoms with Crippen LogP contribution in [-0.2, 0) is 15.7 Å². The molecule has 0 aliphatic carbocycles. The predicted octanol–water partition coefficient (Wildman–Crippen LogP) is 2.81. The van der Waals surface area contributed by atoms with E-state index >= 15 is 0 Å². The summed E-state index contributed by atoms with van der Waals surface area (Å²) in [5.41, 5.74) is 7.41. The number of hydrogen-bond donors (Lipinski definition) is 1. The number of nitrogens with zero attached hydrogens (tertiary/aromatic N) is 2. The van der Waals surface area contributed by atoms with Gasteiger partial charge in [-0.25, -0.2) is 0 Å². The average Bonchev–Trinajstić information content (AvgIpc) is 2.55. The van der Waals surface area contributed by atoms with E-state index in [-0.39, 0.29) is 11.1 Å². The Hall–Kier alpha value is -0.853. The zero-order valence-electron chi connectivity index (χ0n) is 13.9. The number of rotatable bonds is 6. The molecule has 0 aromatic carbocycles. The monoisotopic (exact) mass is 299 g/mol. The highest BCUT2D eigenvalue weighted by Crippen LogP contribution is 2.37. The van der Waals surface area contributed by atoms with Gasteiger partial charge in [0.2, 0.25) is 0 Å². The summed E-state index contributed by atoms with van der Waals surface area (Å²) in [7, 11) is -0.119. The molecule has 6 heteroatoms. The fourth-order valence-electron chi connectivity index (χ4n) is 1.74. The van der Waals surface area contributed by atoms with Gasteiger partial charge in [-0.05, 0) is 25.1 Å². The van der Waals surface area contributed by atoms with Gasteiger partial charge in [0.1, 0.15) is 0 Å². The van der Waals surface area contributed by atoms with Crippen molar-refractivity contribution in [3.8, 4) is 0 Å². The molecule has 1 aromatic heterocycles. The zero-order valence-corrected chi connectivity index (χ0v) is 14.9. The lowest BCUT2D eigenvalue weighted by Crippen LogP contribution is -2.46. The second-order valence-corrected chi connectivity index (χ2v) is 11.6. The Morgan fingerprint density at radius 3 is 2.40 bits per heavy atom. The largest absolute Gasteiger partial charge is 0.410 e. The van der Waals surface area contributed by atoms with Crippen LogP contribution in [0.5, 0.6) is 0 Å². The Kier molecular flexibility index (Phi) is 5.40. The predicted molar refractivity (Wildman–Crippen MR) is 85.3 cm³/mol. The van der Waals surface area contributed by atoms with Crippen molar-refractivity contribution in [2.24, 2.45) is 0 Å². The second kappa shape index (κ2) is 6.28. The smallest absolute Gasteiger partial charge is 0.192 e. The van der Waals surface area contributed by atoms with Gasteiger partial charge in [0, 0.05) is 13.3 Å². The molecule has 1 rings (SSSR count). The molecule has 1 aromatic rings. The molecule has 0 radical (unpaired) electrons. The number of aryl methyl sites for hydroxylation is 1. The Balaban J connectivity index is 2.79. The number of ether oxygens (including phenoxy) is 1. The van der Waals surface area contributed by atoms with Gasteiger partial charge in [-0.3, -0.25) is 4.68 Å². The van der Waals surface area contributed by atoms with Crippen LogP contribution < -0.4 is 5.73 Å². The molecule has 1 heterocycles. The fourth-order valence-corrected chi connectivity index (χ4v) is 3.07. The summed E-state index contributed by atoms with van der Waals surface area (Å²) in [5.74, 6) is 0. The lowest BCUT2D eigenvalue weighted by molar-refractivity contribution is 0.0586. The summed E-state index contributed by atoms with van der Waals surface area (Å²) in [6, 6.07) is 0. The highest BCUT2D eigenvalue weighted by Gasteiger charge is 2.39. The Bertz CT molecular complexity index is 419. The quantitative estimate of drug-likeness (QED) is 0.821. The first-order valence-electron chi connectivity index (χ1n) is 7.03. The minimum Gasteiger partial charge on any atom is -0.410 e. The molecule has 2 N–H and O–H groups in total. The molecule has 0 spiro atoms. The van der Waals surface area contributed by atoms with Crippen molar-refractivity contribution < 1.29 is 9.16 Å². The summed E-state index contributed by atoms with van der Waals surface area (Å²) in [4.78, 5) is 0. The third-order valence-corrected chi connectivity index (χ3v) is 8.53. The molecule has 0 aliphatic heterocycles. The molecule has 0 fully saturated rings. The molecule has 0 bridgehead atoms. The lowest BCUT2D eigenvalue weighted by atomic mass is 10.2. The minimum atomic E-state index is -1.82. The van der Waals surface area contributed by atoms with E-state index in [9.17, 15) is 0 Å². The molecule has 116 valence electrons. The second-order valence-electron chi connectivity index (χ2n) is 6.85. The van der Waals surface area contributed by atoms with Gasteiger partial charge in [0.15, 0.2) is 8.32 Å². The van der Waals surface area contributed by atoms with E-state index < -0.39 is 8.32 Å². The number of anilines is 1. The molecule has 0 saturated heterocycles. The maximum atomic E-state index is 6.41. The van der Waals surface area contributed by atoms with Crippen LogP contribution in [0.3, 0.4) is 0 Å². The van der Waals surface area contributed by atoms with Crippen molar-refractivity contribution in [3.63, 3.8) is 0 Å². The van der Waals surface area contributed by atoms with Crippen molar-refractivity contribution in [1.29, 1.82) is 0 Å². The van der Waals surface area contributed by atoms with Crippen LogP contribution in [0.1, 0.15) is 26.5 Å². The lowest BCUT2D eigenvalue weighted by Gasteiger charge is -2.39. The Labute approximate surface area is 123 Å². The van der Waals surface area contributed by atoms with E-state index in [1.54, 1.807) is 7.11 Å². The number of nitrogen functional groups attached to an aromatic ring is 1. The molecule has 20 heavy (non-hydrogen) atoms. The summed E-state index contributed by atoms with van der Waals surface area (Å²) in [5, 5.41) is 4.57. The van der Waals surface area contributed by atoms with Gasteiger partial charge in [-0.1, -0.05) is 20.8 Å². The third kappa shape index (κ3) is 4.33. The SMILES string of the molecule is COC[C@@H](Cn1cc(N)c(C)n1)O[Si](C)(C)C(C)(C)C. The van der Waals surface area contributed by atoms with Crippen molar-refractivity contribution >= 4 is 14.0 Å². The van der Waals surface area contributed by atoms with E-state index in [1.165, 1.54) is 0 Å². The van der Waals surface area contributed by atoms with Crippen molar-refractivity contribution in [2.75, 3.05) is 19.5 Å². The highest BCUT2D eigenvalue weighted by atomic mass is 28.4. The molecule has 0 saturated carbocycles. The van der Waals surface area contributed by atoms with Crippen molar-refractivity contribution in [1.82, 2.24) is 9.78 Å². The van der Waals surface area contributed by atoms with Crippen LogP contribution in [-0.4, -0.2) is 37.9 Å². The van der Waals surface area contributed by atoms with Gasteiger partial charge < -0.3 is 14.9 Å². The number of nitrogens with two attached hydrogens (primary N) is 1. The van der Waals surface area contributed by atoms with Crippen LogP contribution >= 0.6 is 0 Å². The van der Waals surface area contributed by atoms with Crippen LogP contribution in [0.2, 0.25) is 18.1 Å². The molecule has 1 atom stereocenters. The van der Waals surface area contributed by atoms with Crippen molar-refractivity contribution in [2.45, 2.75) is 58.5 Å². The van der Waals surface area contributed by atoms with E-state index in [2.05, 4.69) is 39.0 Å².